The molecule has 3 N–H and O–H groups in total. The van der Waals surface area contributed by atoms with E-state index in [1.807, 2.05) is 25.1 Å². The van der Waals surface area contributed by atoms with Gasteiger partial charge in [-0.2, -0.15) is 0 Å². The minimum Gasteiger partial charge on any atom is -0.340 e. The molecule has 2 aromatic heterocycles. The molecule has 0 saturated heterocycles. The number of rotatable bonds is 5. The second-order valence-corrected chi connectivity index (χ2v) is 7.65. The van der Waals surface area contributed by atoms with E-state index in [1.54, 1.807) is 0 Å². The van der Waals surface area contributed by atoms with Crippen molar-refractivity contribution in [3.8, 4) is 33.8 Å². The van der Waals surface area contributed by atoms with E-state index in [0.29, 0.717) is 12.5 Å². The Morgan fingerprint density at radius 3 is 2.28 bits per heavy atom. The van der Waals surface area contributed by atoms with Crippen LogP contribution < -0.4 is 5.73 Å². The van der Waals surface area contributed by atoms with Crippen LogP contribution >= 0.6 is 0 Å². The van der Waals surface area contributed by atoms with Gasteiger partial charge in [0.05, 0.1) is 17.1 Å². The number of benzene rings is 2. The van der Waals surface area contributed by atoms with E-state index in [9.17, 15) is 0 Å². The number of pyridine rings is 1. The molecule has 4 nitrogen and oxygen atoms in total. The lowest BCUT2D eigenvalue weighted by molar-refractivity contribution is 0.795. The Hall–Kier alpha value is -3.24. The van der Waals surface area contributed by atoms with E-state index in [1.165, 1.54) is 5.56 Å². The molecule has 0 saturated carbocycles. The topological polar surface area (TPSA) is 67.6 Å². The van der Waals surface area contributed by atoms with Crippen molar-refractivity contribution in [2.24, 2.45) is 5.73 Å². The summed E-state index contributed by atoms with van der Waals surface area (Å²) in [5.74, 6) is 1.27. The lowest BCUT2D eigenvalue weighted by Crippen LogP contribution is -1.95. The van der Waals surface area contributed by atoms with Gasteiger partial charge < -0.3 is 10.7 Å². The first-order valence-electron chi connectivity index (χ1n) is 9.99. The monoisotopic (exact) mass is 382 g/mol. The van der Waals surface area contributed by atoms with Gasteiger partial charge >= 0.3 is 0 Å². The van der Waals surface area contributed by atoms with Crippen molar-refractivity contribution >= 4 is 0 Å². The second-order valence-electron chi connectivity index (χ2n) is 7.65. The summed E-state index contributed by atoms with van der Waals surface area (Å²) in [6.07, 6.45) is 0. The number of nitrogens with one attached hydrogen (secondary N) is 1. The number of hydrogen-bond acceptors (Lipinski definition) is 3. The van der Waals surface area contributed by atoms with E-state index in [2.05, 4.69) is 67.4 Å². The maximum Gasteiger partial charge on any atom is 0.109 e. The van der Waals surface area contributed by atoms with Gasteiger partial charge in [-0.1, -0.05) is 62.4 Å². The van der Waals surface area contributed by atoms with Crippen LogP contribution in [0.25, 0.3) is 33.8 Å². The second kappa shape index (κ2) is 8.02. The Balaban J connectivity index is 1.82. The number of aromatic amines is 1. The molecule has 0 unspecified atom stereocenters. The molecule has 2 heterocycles. The minimum atomic E-state index is 0.305. The first-order valence-corrected chi connectivity index (χ1v) is 9.99. The Bertz CT molecular complexity index is 1120. The summed E-state index contributed by atoms with van der Waals surface area (Å²) >= 11 is 0. The molecule has 0 aliphatic rings. The standard InChI is InChI=1S/C25H26N4/c1-16(2)25-28-23(24(29-25)22-9-4-6-17(3)27-22)21-8-5-7-20(14-21)19-12-10-18(15-26)11-13-19/h4-14,16H,15,26H2,1-3H3,(H,28,29). The quantitative estimate of drug-likeness (QED) is 0.465. The van der Waals surface area contributed by atoms with Gasteiger partial charge in [0.2, 0.25) is 0 Å². The van der Waals surface area contributed by atoms with Crippen LogP contribution in [0.4, 0.5) is 0 Å². The molecule has 0 aliphatic heterocycles. The Kier molecular flexibility index (Phi) is 5.28. The highest BCUT2D eigenvalue weighted by Crippen LogP contribution is 2.33. The fraction of sp³-hybridized carbons (Fsp3) is 0.200. The summed E-state index contributed by atoms with van der Waals surface area (Å²) in [5.41, 5.74) is 14.1. The van der Waals surface area contributed by atoms with Crippen molar-refractivity contribution in [3.63, 3.8) is 0 Å². The SMILES string of the molecule is Cc1cccc(-c2[nH]c(C(C)C)nc2-c2cccc(-c3ccc(CN)cc3)c2)n1. The Labute approximate surface area is 171 Å². The molecule has 29 heavy (non-hydrogen) atoms. The summed E-state index contributed by atoms with van der Waals surface area (Å²) in [5, 5.41) is 0. The van der Waals surface area contributed by atoms with Crippen molar-refractivity contribution in [1.29, 1.82) is 0 Å². The zero-order valence-corrected chi connectivity index (χ0v) is 17.1. The molecule has 4 rings (SSSR count). The average Bonchev–Trinajstić information content (AvgIpc) is 3.20. The normalized spacial score (nSPS) is 11.2. The molecule has 0 radical (unpaired) electrons. The number of hydrogen-bond donors (Lipinski definition) is 2. The molecular formula is C25H26N4. The summed E-state index contributed by atoms with van der Waals surface area (Å²) in [6.45, 7) is 6.85. The summed E-state index contributed by atoms with van der Waals surface area (Å²) in [6, 6.07) is 23.0. The maximum absolute atomic E-state index is 5.73. The molecular weight excluding hydrogens is 356 g/mol. The number of nitrogens with zero attached hydrogens (tertiary/aromatic N) is 2. The van der Waals surface area contributed by atoms with Crippen LogP contribution in [0.3, 0.4) is 0 Å². The third-order valence-corrected chi connectivity index (χ3v) is 5.07. The van der Waals surface area contributed by atoms with Gasteiger partial charge in [-0.05, 0) is 41.8 Å². The van der Waals surface area contributed by atoms with Crippen molar-refractivity contribution < 1.29 is 0 Å². The van der Waals surface area contributed by atoms with Crippen molar-refractivity contribution in [1.82, 2.24) is 15.0 Å². The molecule has 4 aromatic rings. The predicted octanol–water partition coefficient (Wildman–Crippen LogP) is 5.70. The fourth-order valence-corrected chi connectivity index (χ4v) is 3.42. The highest BCUT2D eigenvalue weighted by molar-refractivity contribution is 5.80. The van der Waals surface area contributed by atoms with Crippen LogP contribution in [-0.2, 0) is 6.54 Å². The fourth-order valence-electron chi connectivity index (χ4n) is 3.42. The van der Waals surface area contributed by atoms with E-state index >= 15 is 0 Å². The van der Waals surface area contributed by atoms with Gasteiger partial charge in [-0.3, -0.25) is 4.98 Å². The number of aromatic nitrogens is 3. The highest BCUT2D eigenvalue weighted by atomic mass is 15.0. The van der Waals surface area contributed by atoms with Crippen LogP contribution in [0.5, 0.6) is 0 Å². The Morgan fingerprint density at radius 1 is 0.862 bits per heavy atom. The molecule has 0 atom stereocenters. The predicted molar refractivity (Wildman–Crippen MR) is 119 cm³/mol. The first-order chi connectivity index (χ1) is 14.0. The molecule has 2 aromatic carbocycles. The smallest absolute Gasteiger partial charge is 0.109 e. The van der Waals surface area contributed by atoms with Gasteiger partial charge in [-0.15, -0.1) is 0 Å². The van der Waals surface area contributed by atoms with Crippen LogP contribution in [0.2, 0.25) is 0 Å². The minimum absolute atomic E-state index is 0.305. The van der Waals surface area contributed by atoms with Crippen LogP contribution in [-0.4, -0.2) is 15.0 Å². The molecule has 0 bridgehead atoms. The molecule has 146 valence electrons. The van der Waals surface area contributed by atoms with Gasteiger partial charge in [0.15, 0.2) is 0 Å². The largest absolute Gasteiger partial charge is 0.340 e. The van der Waals surface area contributed by atoms with E-state index in [0.717, 1.165) is 45.3 Å². The summed E-state index contributed by atoms with van der Waals surface area (Å²) < 4.78 is 0. The number of H-pyrrole nitrogens is 1. The zero-order valence-electron chi connectivity index (χ0n) is 17.1. The first kappa shape index (κ1) is 19.1. The lowest BCUT2D eigenvalue weighted by atomic mass is 9.99. The number of nitrogens with two attached hydrogens (primary N) is 1. The highest BCUT2D eigenvalue weighted by Gasteiger charge is 2.17. The van der Waals surface area contributed by atoms with Crippen LogP contribution in [0.15, 0.2) is 66.7 Å². The third-order valence-electron chi connectivity index (χ3n) is 5.07. The number of imidazole rings is 1. The third kappa shape index (κ3) is 3.98. The van der Waals surface area contributed by atoms with Crippen molar-refractivity contribution in [2.45, 2.75) is 33.2 Å². The molecule has 4 heteroatoms. The van der Waals surface area contributed by atoms with E-state index < -0.39 is 0 Å². The van der Waals surface area contributed by atoms with Crippen LogP contribution in [0.1, 0.15) is 36.8 Å². The van der Waals surface area contributed by atoms with Gasteiger partial charge in [0.25, 0.3) is 0 Å². The average molecular weight is 383 g/mol. The van der Waals surface area contributed by atoms with Gasteiger partial charge in [0, 0.05) is 23.7 Å². The molecule has 0 amide bonds. The Morgan fingerprint density at radius 2 is 1.59 bits per heavy atom. The zero-order chi connectivity index (χ0) is 20.4. The van der Waals surface area contributed by atoms with E-state index in [4.69, 9.17) is 15.7 Å². The van der Waals surface area contributed by atoms with Crippen molar-refractivity contribution in [3.05, 3.63) is 83.8 Å². The van der Waals surface area contributed by atoms with Gasteiger partial charge in [0.1, 0.15) is 5.82 Å². The van der Waals surface area contributed by atoms with Gasteiger partial charge in [-0.25, -0.2) is 4.98 Å². The molecule has 0 fully saturated rings. The van der Waals surface area contributed by atoms with E-state index in [-0.39, 0.29) is 0 Å². The van der Waals surface area contributed by atoms with Crippen LogP contribution in [0, 0.1) is 6.92 Å². The maximum atomic E-state index is 5.73. The molecule has 0 spiro atoms. The summed E-state index contributed by atoms with van der Waals surface area (Å²) in [4.78, 5) is 13.2. The number of aryl methyl sites for hydroxylation is 1. The lowest BCUT2D eigenvalue weighted by Gasteiger charge is -2.07. The van der Waals surface area contributed by atoms with Crippen molar-refractivity contribution in [2.75, 3.05) is 0 Å². The summed E-state index contributed by atoms with van der Waals surface area (Å²) in [7, 11) is 0. The molecule has 0 aliphatic carbocycles.